The standard InChI is InChI=1S/C35H39N5O7/c1-21-16-40(22(2)19-41)34(43)27-14-24(36-33(42)13-23-17-38(3)28-8-6-5-7-26(23)28)9-11-29(27)47-32(21)18-39(4)35(44)37-25-10-12-30-31(15-25)46-20-45-30/h5-12,14-15,17,21-22,32,41H,13,16,18-20H2,1-4H3,(H,36,42)(H,37,44)/t21-,22-,32+/m1/s1. The predicted molar refractivity (Wildman–Crippen MR) is 177 cm³/mol. The Morgan fingerprint density at radius 1 is 1.02 bits per heavy atom. The largest absolute Gasteiger partial charge is 0.487 e. The Morgan fingerprint density at radius 3 is 2.53 bits per heavy atom. The van der Waals surface area contributed by atoms with Crippen LogP contribution in [0.3, 0.4) is 0 Å². The Kier molecular flexibility index (Phi) is 8.95. The molecule has 3 atom stereocenters. The van der Waals surface area contributed by atoms with Gasteiger partial charge in [-0.15, -0.1) is 0 Å². The van der Waals surface area contributed by atoms with Crippen molar-refractivity contribution in [2.24, 2.45) is 13.0 Å². The van der Waals surface area contributed by atoms with E-state index >= 15 is 0 Å². The van der Waals surface area contributed by atoms with E-state index in [9.17, 15) is 19.5 Å². The molecule has 12 nitrogen and oxygen atoms in total. The first kappa shape index (κ1) is 31.7. The highest BCUT2D eigenvalue weighted by Gasteiger charge is 2.34. The summed E-state index contributed by atoms with van der Waals surface area (Å²) in [6, 6.07) is 17.3. The second-order valence-corrected chi connectivity index (χ2v) is 12.2. The van der Waals surface area contributed by atoms with Crippen LogP contribution in [-0.2, 0) is 18.3 Å². The van der Waals surface area contributed by atoms with Gasteiger partial charge in [0.25, 0.3) is 5.91 Å². The molecule has 12 heteroatoms. The zero-order chi connectivity index (χ0) is 33.2. The molecule has 3 N–H and O–H groups in total. The van der Waals surface area contributed by atoms with Crippen LogP contribution in [0.15, 0.2) is 66.9 Å². The second kappa shape index (κ2) is 13.2. The Bertz CT molecular complexity index is 1820. The van der Waals surface area contributed by atoms with E-state index in [2.05, 4.69) is 10.6 Å². The highest BCUT2D eigenvalue weighted by molar-refractivity contribution is 6.01. The summed E-state index contributed by atoms with van der Waals surface area (Å²) in [6.07, 6.45) is 1.62. The molecule has 0 spiro atoms. The number of urea groups is 1. The summed E-state index contributed by atoms with van der Waals surface area (Å²) in [7, 11) is 3.62. The number of nitrogens with one attached hydrogen (secondary N) is 2. The molecule has 4 amide bonds. The van der Waals surface area contributed by atoms with E-state index in [4.69, 9.17) is 14.2 Å². The predicted octanol–water partition coefficient (Wildman–Crippen LogP) is 4.47. The molecule has 0 aliphatic carbocycles. The number of carbonyl (C=O) groups is 3. The fourth-order valence-electron chi connectivity index (χ4n) is 6.01. The maximum Gasteiger partial charge on any atom is 0.321 e. The Morgan fingerprint density at radius 2 is 1.74 bits per heavy atom. The highest BCUT2D eigenvalue weighted by Crippen LogP contribution is 2.35. The van der Waals surface area contributed by atoms with E-state index in [-0.39, 0.29) is 55.7 Å². The van der Waals surface area contributed by atoms with Crippen LogP contribution in [0.2, 0.25) is 0 Å². The first-order chi connectivity index (χ1) is 22.6. The number of rotatable bonds is 8. The Hall–Kier alpha value is -5.23. The number of ether oxygens (including phenoxy) is 3. The van der Waals surface area contributed by atoms with Gasteiger partial charge in [0.2, 0.25) is 12.7 Å². The normalized spacial score (nSPS) is 17.7. The molecule has 0 saturated heterocycles. The number of amides is 4. The van der Waals surface area contributed by atoms with E-state index in [1.54, 1.807) is 55.3 Å². The van der Waals surface area contributed by atoms with E-state index in [0.717, 1.165) is 16.5 Å². The number of likely N-dealkylation sites (N-methyl/N-ethyl adjacent to an activating group) is 1. The number of para-hydroxylation sites is 1. The molecular formula is C35H39N5O7. The Labute approximate surface area is 272 Å². The number of aromatic nitrogens is 1. The zero-order valence-corrected chi connectivity index (χ0v) is 26.9. The third-order valence-corrected chi connectivity index (χ3v) is 8.70. The van der Waals surface area contributed by atoms with Crippen molar-refractivity contribution in [3.63, 3.8) is 0 Å². The van der Waals surface area contributed by atoms with Crippen LogP contribution in [0.5, 0.6) is 17.2 Å². The SMILES string of the molecule is C[C@@H]1CN([C@H](C)CO)C(=O)c2cc(NC(=O)Cc3cn(C)c4ccccc34)ccc2O[C@H]1CN(C)C(=O)Nc1ccc2c(c1)OCO2. The van der Waals surface area contributed by atoms with Crippen molar-refractivity contribution < 1.29 is 33.7 Å². The van der Waals surface area contributed by atoms with Gasteiger partial charge in [-0.2, -0.15) is 0 Å². The lowest BCUT2D eigenvalue weighted by Crippen LogP contribution is -2.50. The smallest absolute Gasteiger partial charge is 0.321 e. The summed E-state index contributed by atoms with van der Waals surface area (Å²) >= 11 is 0. The van der Waals surface area contributed by atoms with Crippen LogP contribution in [0.1, 0.15) is 29.8 Å². The van der Waals surface area contributed by atoms with Crippen LogP contribution in [0.4, 0.5) is 16.2 Å². The summed E-state index contributed by atoms with van der Waals surface area (Å²) < 4.78 is 19.2. The molecule has 4 aromatic rings. The number of carbonyl (C=O) groups excluding carboxylic acids is 3. The third kappa shape index (κ3) is 6.68. The summed E-state index contributed by atoms with van der Waals surface area (Å²) in [5.41, 5.74) is 3.21. The van der Waals surface area contributed by atoms with E-state index < -0.39 is 12.1 Å². The minimum atomic E-state index is -0.491. The van der Waals surface area contributed by atoms with Crippen molar-refractivity contribution in [1.29, 1.82) is 0 Å². The van der Waals surface area contributed by atoms with Gasteiger partial charge in [-0.05, 0) is 48.9 Å². The van der Waals surface area contributed by atoms with Crippen molar-refractivity contribution in [1.82, 2.24) is 14.4 Å². The summed E-state index contributed by atoms with van der Waals surface area (Å²) in [5.74, 6) is 0.787. The number of aliphatic hydroxyl groups excluding tert-OH is 1. The molecule has 0 saturated carbocycles. The number of aliphatic hydroxyl groups is 1. The molecule has 3 heterocycles. The number of hydrogen-bond acceptors (Lipinski definition) is 7. The molecule has 0 radical (unpaired) electrons. The highest BCUT2D eigenvalue weighted by atomic mass is 16.7. The van der Waals surface area contributed by atoms with Gasteiger partial charge in [0.15, 0.2) is 11.5 Å². The molecule has 0 unspecified atom stereocenters. The summed E-state index contributed by atoms with van der Waals surface area (Å²) in [5, 5.41) is 16.8. The van der Waals surface area contributed by atoms with Crippen LogP contribution in [0, 0.1) is 5.92 Å². The third-order valence-electron chi connectivity index (χ3n) is 8.70. The number of aryl methyl sites for hydroxylation is 1. The molecule has 0 fully saturated rings. The molecule has 246 valence electrons. The maximum absolute atomic E-state index is 13.9. The van der Waals surface area contributed by atoms with Crippen molar-refractivity contribution in [3.05, 3.63) is 78.0 Å². The van der Waals surface area contributed by atoms with Gasteiger partial charge in [0, 0.05) is 61.1 Å². The number of fused-ring (bicyclic) bond motifs is 3. The minimum Gasteiger partial charge on any atom is -0.487 e. The summed E-state index contributed by atoms with van der Waals surface area (Å²) in [4.78, 5) is 43.3. The molecule has 3 aromatic carbocycles. The van der Waals surface area contributed by atoms with Crippen LogP contribution < -0.4 is 24.8 Å². The van der Waals surface area contributed by atoms with Crippen LogP contribution in [-0.4, -0.2) is 83.0 Å². The molecule has 2 aliphatic heterocycles. The first-order valence-electron chi connectivity index (χ1n) is 15.6. The van der Waals surface area contributed by atoms with Crippen molar-refractivity contribution in [3.8, 4) is 17.2 Å². The second-order valence-electron chi connectivity index (χ2n) is 12.2. The molecule has 1 aromatic heterocycles. The lowest BCUT2D eigenvalue weighted by atomic mass is 9.99. The van der Waals surface area contributed by atoms with Gasteiger partial charge < -0.3 is 44.3 Å². The quantitative estimate of drug-likeness (QED) is 0.259. The van der Waals surface area contributed by atoms with E-state index in [0.29, 0.717) is 35.2 Å². The first-order valence-corrected chi connectivity index (χ1v) is 15.6. The molecule has 0 bridgehead atoms. The summed E-state index contributed by atoms with van der Waals surface area (Å²) in [6.45, 7) is 4.15. The molecule has 47 heavy (non-hydrogen) atoms. The topological polar surface area (TPSA) is 135 Å². The number of anilines is 2. The maximum atomic E-state index is 13.9. The lowest BCUT2D eigenvalue weighted by Gasteiger charge is -2.38. The Balaban J connectivity index is 1.20. The van der Waals surface area contributed by atoms with Gasteiger partial charge in [-0.3, -0.25) is 9.59 Å². The number of nitrogens with zero attached hydrogens (tertiary/aromatic N) is 3. The van der Waals surface area contributed by atoms with Crippen LogP contribution in [0.25, 0.3) is 10.9 Å². The molecule has 6 rings (SSSR count). The monoisotopic (exact) mass is 641 g/mol. The number of benzene rings is 3. The van der Waals surface area contributed by atoms with Gasteiger partial charge >= 0.3 is 6.03 Å². The fraction of sp³-hybridized carbons (Fsp3) is 0.343. The fourth-order valence-corrected chi connectivity index (χ4v) is 6.01. The van der Waals surface area contributed by atoms with Gasteiger partial charge in [0.05, 0.1) is 31.2 Å². The van der Waals surface area contributed by atoms with Gasteiger partial charge in [-0.1, -0.05) is 25.1 Å². The van der Waals surface area contributed by atoms with Crippen molar-refractivity contribution in [2.75, 3.05) is 44.2 Å². The van der Waals surface area contributed by atoms with Crippen LogP contribution >= 0.6 is 0 Å². The van der Waals surface area contributed by atoms with Crippen molar-refractivity contribution in [2.45, 2.75) is 32.4 Å². The zero-order valence-electron chi connectivity index (χ0n) is 26.9. The van der Waals surface area contributed by atoms with Gasteiger partial charge in [-0.25, -0.2) is 4.79 Å². The van der Waals surface area contributed by atoms with Gasteiger partial charge in [0.1, 0.15) is 11.9 Å². The van der Waals surface area contributed by atoms with E-state index in [1.807, 2.05) is 49.0 Å². The lowest BCUT2D eigenvalue weighted by molar-refractivity contribution is -0.115. The molecule has 2 aliphatic rings. The average molecular weight is 642 g/mol. The average Bonchev–Trinajstić information content (AvgIpc) is 3.66. The molecular weight excluding hydrogens is 602 g/mol. The van der Waals surface area contributed by atoms with Crippen molar-refractivity contribution >= 4 is 40.1 Å². The number of hydrogen-bond donors (Lipinski definition) is 3. The van der Waals surface area contributed by atoms with E-state index in [1.165, 1.54) is 4.90 Å². The minimum absolute atomic E-state index is 0.137.